The summed E-state index contributed by atoms with van der Waals surface area (Å²) >= 11 is 7.84. The number of thiazole rings is 1. The molecular formula is C34H28ClF2N7O6S. The fraction of sp³-hybridized carbons (Fsp3) is 0.235. The summed E-state index contributed by atoms with van der Waals surface area (Å²) in [7, 11) is 1.28. The third-order valence-electron chi connectivity index (χ3n) is 8.65. The molecule has 0 radical (unpaired) electrons. The lowest BCUT2D eigenvalue weighted by molar-refractivity contribution is -0.136. The van der Waals surface area contributed by atoms with Gasteiger partial charge in [0.05, 0.1) is 37.0 Å². The van der Waals surface area contributed by atoms with Crippen LogP contribution >= 0.6 is 22.9 Å². The van der Waals surface area contributed by atoms with E-state index in [9.17, 15) is 23.2 Å². The molecule has 5 heterocycles. The first-order valence-electron chi connectivity index (χ1n) is 15.6. The largest absolute Gasteiger partial charge is 0.478 e. The van der Waals surface area contributed by atoms with E-state index in [4.69, 9.17) is 31.2 Å². The number of methoxy groups -OCH3 is 1. The molecule has 2 atom stereocenters. The Bertz CT molecular complexity index is 2080. The third kappa shape index (κ3) is 6.85. The highest BCUT2D eigenvalue weighted by atomic mass is 35.5. The number of hydrogen-bond donors (Lipinski definition) is 2. The zero-order valence-corrected chi connectivity index (χ0v) is 28.3. The van der Waals surface area contributed by atoms with Crippen LogP contribution in [0.1, 0.15) is 27.0 Å². The van der Waals surface area contributed by atoms with E-state index in [0.717, 1.165) is 6.07 Å². The van der Waals surface area contributed by atoms with Crippen molar-refractivity contribution in [3.05, 3.63) is 110 Å². The minimum atomic E-state index is -1.26. The highest BCUT2D eigenvalue weighted by molar-refractivity contribution is 7.11. The zero-order valence-electron chi connectivity index (χ0n) is 26.8. The number of benzene rings is 2. The second-order valence-electron chi connectivity index (χ2n) is 11.8. The molecule has 17 heteroatoms. The Labute approximate surface area is 298 Å². The second-order valence-corrected chi connectivity index (χ2v) is 13.1. The quantitative estimate of drug-likeness (QED) is 0.222. The Morgan fingerprint density at radius 2 is 1.94 bits per heavy atom. The van der Waals surface area contributed by atoms with Crippen LogP contribution in [-0.4, -0.2) is 94.6 Å². The third-order valence-corrected chi connectivity index (χ3v) is 9.75. The summed E-state index contributed by atoms with van der Waals surface area (Å²) in [6, 6.07) is 9.07. The molecule has 4 aromatic rings. The van der Waals surface area contributed by atoms with E-state index in [1.165, 1.54) is 55.0 Å². The first-order chi connectivity index (χ1) is 24.6. The topological polar surface area (TPSA) is 150 Å². The number of amides is 2. The van der Waals surface area contributed by atoms with Crippen molar-refractivity contribution < 1.29 is 37.7 Å². The summed E-state index contributed by atoms with van der Waals surface area (Å²) in [5.74, 6) is -2.40. The molecule has 0 spiro atoms. The van der Waals surface area contributed by atoms with Crippen LogP contribution in [-0.2, 0) is 9.53 Å². The number of nitrogens with one attached hydrogen (secondary N) is 1. The molecule has 2 aromatic heterocycles. The van der Waals surface area contributed by atoms with Gasteiger partial charge in [0.1, 0.15) is 23.4 Å². The van der Waals surface area contributed by atoms with Crippen LogP contribution < -0.4 is 15.0 Å². The van der Waals surface area contributed by atoms with Gasteiger partial charge < -0.3 is 24.8 Å². The fourth-order valence-corrected chi connectivity index (χ4v) is 7.09. The number of carbonyl (C=O) groups excluding carboxylic acids is 2. The molecule has 51 heavy (non-hydrogen) atoms. The number of aromatic nitrogens is 2. The van der Waals surface area contributed by atoms with Gasteiger partial charge in [0, 0.05) is 54.0 Å². The number of carboxylic acids is 1. The number of fused-ring (bicyclic) bond motifs is 1. The fourth-order valence-electron chi connectivity index (χ4n) is 6.23. The standard InChI is InChI=1S/C34H28ClF2N7O6S/c1-49-33(47)28-25(40-30(31-38-8-11-51-31)41-29(28)22-5-3-19(36)13-23(22)35)17-42-9-10-43-20(15-42)16-44(34(43)48)27-7-4-21(14-39-27)50-26-6-2-18(32(45)46)12-24(26)37/h2-8,11-14,20,29H,9-10,15-17H2,1H3,(H,40,41)(H,45,46). The maximum atomic E-state index is 14.4. The van der Waals surface area contributed by atoms with E-state index in [0.29, 0.717) is 54.1 Å². The van der Waals surface area contributed by atoms with Crippen molar-refractivity contribution in [1.29, 1.82) is 0 Å². The maximum absolute atomic E-state index is 14.4. The van der Waals surface area contributed by atoms with E-state index in [1.807, 2.05) is 0 Å². The Morgan fingerprint density at radius 1 is 1.10 bits per heavy atom. The van der Waals surface area contributed by atoms with Crippen molar-refractivity contribution in [2.75, 3.05) is 44.7 Å². The average Bonchev–Trinajstić information content (AvgIpc) is 3.77. The summed E-state index contributed by atoms with van der Waals surface area (Å²) in [4.78, 5) is 56.9. The predicted octanol–water partition coefficient (Wildman–Crippen LogP) is 5.10. The summed E-state index contributed by atoms with van der Waals surface area (Å²) in [5, 5.41) is 14.9. The molecule has 0 aliphatic carbocycles. The van der Waals surface area contributed by atoms with Gasteiger partial charge in [0.25, 0.3) is 0 Å². The predicted molar refractivity (Wildman–Crippen MR) is 182 cm³/mol. The smallest absolute Gasteiger partial charge is 0.338 e. The lowest BCUT2D eigenvalue weighted by Crippen LogP contribution is -2.53. The Balaban J connectivity index is 1.09. The molecule has 7 rings (SSSR count). The Hall–Kier alpha value is -5.45. The van der Waals surface area contributed by atoms with Gasteiger partial charge in [0.2, 0.25) is 0 Å². The number of esters is 1. The number of rotatable bonds is 9. The van der Waals surface area contributed by atoms with Crippen molar-refractivity contribution in [1.82, 2.24) is 25.1 Å². The number of carboxylic acid groups (broad SMARTS) is 1. The molecule has 262 valence electrons. The van der Waals surface area contributed by atoms with Crippen molar-refractivity contribution in [2.24, 2.45) is 4.99 Å². The van der Waals surface area contributed by atoms with Gasteiger partial charge in [-0.05, 0) is 42.5 Å². The highest BCUT2D eigenvalue weighted by Crippen LogP contribution is 2.37. The minimum absolute atomic E-state index is 0.109. The van der Waals surface area contributed by atoms with E-state index < -0.39 is 29.6 Å². The molecule has 2 aromatic carbocycles. The second kappa shape index (κ2) is 14.0. The van der Waals surface area contributed by atoms with Gasteiger partial charge in [-0.25, -0.2) is 33.1 Å². The number of aliphatic imine (C=N–C) groups is 1. The van der Waals surface area contributed by atoms with Gasteiger partial charge in [0.15, 0.2) is 22.4 Å². The van der Waals surface area contributed by atoms with Gasteiger partial charge >= 0.3 is 18.0 Å². The van der Waals surface area contributed by atoms with E-state index in [-0.39, 0.29) is 46.3 Å². The monoisotopic (exact) mass is 735 g/mol. The van der Waals surface area contributed by atoms with Crippen LogP contribution in [0.2, 0.25) is 5.02 Å². The molecule has 0 saturated carbocycles. The Morgan fingerprint density at radius 3 is 2.63 bits per heavy atom. The highest BCUT2D eigenvalue weighted by Gasteiger charge is 2.43. The number of pyridine rings is 1. The average molecular weight is 736 g/mol. The lowest BCUT2D eigenvalue weighted by Gasteiger charge is -2.38. The van der Waals surface area contributed by atoms with Crippen LogP contribution in [0.5, 0.6) is 11.5 Å². The van der Waals surface area contributed by atoms with E-state index in [1.54, 1.807) is 33.5 Å². The number of hydrogen-bond acceptors (Lipinski definition) is 11. The first kappa shape index (κ1) is 34.0. The number of amidine groups is 1. The molecule has 2 fully saturated rings. The van der Waals surface area contributed by atoms with Crippen molar-refractivity contribution in [3.63, 3.8) is 0 Å². The summed E-state index contributed by atoms with van der Waals surface area (Å²) < 4.78 is 39.1. The number of aromatic carboxylic acids is 1. The number of carbonyl (C=O) groups is 3. The van der Waals surface area contributed by atoms with Crippen molar-refractivity contribution in [2.45, 2.75) is 12.1 Å². The SMILES string of the molecule is COC(=O)C1=C(CN2CCN3C(=O)N(c4ccc(Oc5ccc(C(=O)O)cc5F)cn4)CC3C2)NC(c2nccs2)=NC1c1ccc(F)cc1Cl. The molecule has 0 bridgehead atoms. The number of piperazine rings is 1. The normalized spacial score (nSPS) is 19.1. The summed E-state index contributed by atoms with van der Waals surface area (Å²) in [5.41, 5.74) is 0.967. The number of anilines is 1. The molecule has 2 unspecified atom stereocenters. The molecule has 2 amide bonds. The van der Waals surface area contributed by atoms with Crippen LogP contribution in [0.15, 0.2) is 82.6 Å². The molecule has 13 nitrogen and oxygen atoms in total. The minimum Gasteiger partial charge on any atom is -0.478 e. The van der Waals surface area contributed by atoms with Crippen LogP contribution in [0.25, 0.3) is 0 Å². The Kier molecular flexibility index (Phi) is 9.37. The molecule has 2 saturated heterocycles. The number of urea groups is 1. The lowest BCUT2D eigenvalue weighted by atomic mass is 9.95. The van der Waals surface area contributed by atoms with E-state index >= 15 is 0 Å². The van der Waals surface area contributed by atoms with Gasteiger partial charge in [-0.15, -0.1) is 11.3 Å². The number of nitrogens with zero attached hydrogens (tertiary/aromatic N) is 6. The number of halogens is 3. The van der Waals surface area contributed by atoms with Gasteiger partial charge in [-0.3, -0.25) is 14.8 Å². The van der Waals surface area contributed by atoms with Crippen molar-refractivity contribution >= 4 is 52.6 Å². The maximum Gasteiger partial charge on any atom is 0.338 e. The van der Waals surface area contributed by atoms with Gasteiger partial charge in [-0.1, -0.05) is 17.7 Å². The molecule has 3 aliphatic heterocycles. The zero-order chi connectivity index (χ0) is 35.8. The van der Waals surface area contributed by atoms with E-state index in [2.05, 4.69) is 20.2 Å². The molecule has 3 aliphatic rings. The number of ether oxygens (including phenoxy) is 2. The molecular weight excluding hydrogens is 708 g/mol. The van der Waals surface area contributed by atoms with Crippen LogP contribution in [0.3, 0.4) is 0 Å². The summed E-state index contributed by atoms with van der Waals surface area (Å²) in [6.45, 7) is 1.99. The summed E-state index contributed by atoms with van der Waals surface area (Å²) in [6.07, 6.45) is 3.00. The first-order valence-corrected chi connectivity index (χ1v) is 16.8. The van der Waals surface area contributed by atoms with Gasteiger partial charge in [-0.2, -0.15) is 0 Å². The molecule has 2 N–H and O–H groups in total. The van der Waals surface area contributed by atoms with Crippen LogP contribution in [0, 0.1) is 11.6 Å². The van der Waals surface area contributed by atoms with Crippen LogP contribution in [0.4, 0.5) is 19.4 Å². The van der Waals surface area contributed by atoms with Crippen molar-refractivity contribution in [3.8, 4) is 11.5 Å².